The molecule has 0 rings (SSSR count). The number of carboxylic acid groups (broad SMARTS) is 1. The minimum atomic E-state index is -0.871. The number of nitrogens with one attached hydrogen (secondary N) is 2. The largest absolute Gasteiger partial charge is 0.481 e. The van der Waals surface area contributed by atoms with Gasteiger partial charge >= 0.3 is 12.0 Å². The third-order valence-corrected chi connectivity index (χ3v) is 3.06. The van der Waals surface area contributed by atoms with E-state index in [0.717, 1.165) is 0 Å². The van der Waals surface area contributed by atoms with E-state index in [9.17, 15) is 9.59 Å². The normalized spacial score (nSPS) is 11.0. The first-order valence-corrected chi connectivity index (χ1v) is 5.97. The Morgan fingerprint density at radius 1 is 1.24 bits per heavy atom. The van der Waals surface area contributed by atoms with Crippen LogP contribution in [0.15, 0.2) is 0 Å². The topological polar surface area (TPSA) is 104 Å². The quantitative estimate of drug-likeness (QED) is 0.468. The van der Waals surface area contributed by atoms with Crippen molar-refractivity contribution in [3.63, 3.8) is 0 Å². The summed E-state index contributed by atoms with van der Waals surface area (Å²) in [4.78, 5) is 22.5. The molecule has 0 aliphatic rings. The Morgan fingerprint density at radius 2 is 1.82 bits per heavy atom. The van der Waals surface area contributed by atoms with Gasteiger partial charge in [0, 0.05) is 13.1 Å². The summed E-state index contributed by atoms with van der Waals surface area (Å²) in [6.07, 6.45) is 1.68. The molecule has 6 heteroatoms. The summed E-state index contributed by atoms with van der Waals surface area (Å²) in [5.41, 5.74) is 4.42. The molecule has 0 unspecified atom stereocenters. The van der Waals surface area contributed by atoms with Gasteiger partial charge in [-0.05, 0) is 25.8 Å². The van der Waals surface area contributed by atoms with Crippen molar-refractivity contribution < 1.29 is 14.7 Å². The molecule has 0 saturated heterocycles. The molecule has 0 aromatic rings. The van der Waals surface area contributed by atoms with Crippen molar-refractivity contribution in [3.8, 4) is 0 Å². The van der Waals surface area contributed by atoms with Crippen LogP contribution in [0, 0.1) is 5.41 Å². The lowest BCUT2D eigenvalue weighted by molar-refractivity contribution is -0.149. The second-order valence-electron chi connectivity index (χ2n) is 4.04. The molecular formula is C11H23N3O3. The summed E-state index contributed by atoms with van der Waals surface area (Å²) >= 11 is 0. The van der Waals surface area contributed by atoms with Gasteiger partial charge < -0.3 is 21.5 Å². The van der Waals surface area contributed by atoms with Crippen molar-refractivity contribution in [1.82, 2.24) is 10.6 Å². The number of rotatable bonds is 8. The Kier molecular flexibility index (Phi) is 7.29. The molecule has 17 heavy (non-hydrogen) atoms. The Labute approximate surface area is 102 Å². The Bertz CT molecular complexity index is 252. The van der Waals surface area contributed by atoms with Gasteiger partial charge in [0.15, 0.2) is 0 Å². The Hall–Kier alpha value is -1.30. The predicted octanol–water partition coefficient (Wildman–Crippen LogP) is 0.525. The smallest absolute Gasteiger partial charge is 0.314 e. The van der Waals surface area contributed by atoms with E-state index in [0.29, 0.717) is 32.4 Å². The lowest BCUT2D eigenvalue weighted by Gasteiger charge is -2.26. The zero-order valence-corrected chi connectivity index (χ0v) is 10.6. The SMILES string of the molecule is CCC(CC)(CNC(=O)NCCCN)C(=O)O. The summed E-state index contributed by atoms with van der Waals surface area (Å²) in [7, 11) is 0. The van der Waals surface area contributed by atoms with Crippen LogP contribution in [-0.4, -0.2) is 36.7 Å². The first-order chi connectivity index (χ1) is 8.02. The standard InChI is InChI=1S/C11H23N3O3/c1-3-11(4-2,9(15)16)8-14-10(17)13-7-5-6-12/h3-8,12H2,1-2H3,(H,15,16)(H2,13,14,17). The van der Waals surface area contributed by atoms with Gasteiger partial charge in [0.25, 0.3) is 0 Å². The van der Waals surface area contributed by atoms with Crippen LogP contribution >= 0.6 is 0 Å². The van der Waals surface area contributed by atoms with E-state index in [-0.39, 0.29) is 12.6 Å². The van der Waals surface area contributed by atoms with Gasteiger partial charge in [-0.2, -0.15) is 0 Å². The van der Waals surface area contributed by atoms with E-state index < -0.39 is 11.4 Å². The Morgan fingerprint density at radius 3 is 2.24 bits per heavy atom. The van der Waals surface area contributed by atoms with Crippen LogP contribution < -0.4 is 16.4 Å². The number of urea groups is 1. The molecule has 0 atom stereocenters. The van der Waals surface area contributed by atoms with Gasteiger partial charge in [-0.3, -0.25) is 4.79 Å². The predicted molar refractivity (Wildman–Crippen MR) is 65.7 cm³/mol. The van der Waals surface area contributed by atoms with Crippen LogP contribution in [0.2, 0.25) is 0 Å². The summed E-state index contributed by atoms with van der Waals surface area (Å²) in [6, 6.07) is -0.342. The van der Waals surface area contributed by atoms with Crippen molar-refractivity contribution >= 4 is 12.0 Å². The molecule has 6 nitrogen and oxygen atoms in total. The maximum atomic E-state index is 11.4. The van der Waals surface area contributed by atoms with Gasteiger partial charge in [-0.1, -0.05) is 13.8 Å². The molecule has 0 aromatic heterocycles. The maximum Gasteiger partial charge on any atom is 0.314 e. The number of hydrogen-bond acceptors (Lipinski definition) is 3. The minimum absolute atomic E-state index is 0.143. The van der Waals surface area contributed by atoms with Crippen LogP contribution in [0.3, 0.4) is 0 Å². The number of carbonyl (C=O) groups is 2. The summed E-state index contributed by atoms with van der Waals surface area (Å²) in [5, 5.41) is 14.4. The maximum absolute atomic E-state index is 11.4. The number of carboxylic acids is 1. The molecule has 0 aromatic carbocycles. The molecule has 0 radical (unpaired) electrons. The molecule has 0 heterocycles. The van der Waals surface area contributed by atoms with Crippen LogP contribution in [-0.2, 0) is 4.79 Å². The third kappa shape index (κ3) is 5.04. The molecule has 0 aliphatic carbocycles. The van der Waals surface area contributed by atoms with E-state index in [2.05, 4.69) is 10.6 Å². The van der Waals surface area contributed by atoms with E-state index in [4.69, 9.17) is 10.8 Å². The number of hydrogen-bond donors (Lipinski definition) is 4. The average molecular weight is 245 g/mol. The average Bonchev–Trinajstić information content (AvgIpc) is 2.31. The van der Waals surface area contributed by atoms with E-state index in [1.165, 1.54) is 0 Å². The lowest BCUT2D eigenvalue weighted by atomic mass is 9.82. The summed E-state index contributed by atoms with van der Waals surface area (Å²) in [6.45, 7) is 4.78. The van der Waals surface area contributed by atoms with Gasteiger partial charge in [0.1, 0.15) is 0 Å². The number of amides is 2. The van der Waals surface area contributed by atoms with E-state index in [1.807, 2.05) is 13.8 Å². The Balaban J connectivity index is 4.13. The lowest BCUT2D eigenvalue weighted by Crippen LogP contribution is -2.46. The molecule has 0 saturated carbocycles. The monoisotopic (exact) mass is 245 g/mol. The zero-order chi connectivity index (χ0) is 13.3. The highest BCUT2D eigenvalue weighted by atomic mass is 16.4. The third-order valence-electron chi connectivity index (χ3n) is 3.06. The van der Waals surface area contributed by atoms with E-state index >= 15 is 0 Å². The summed E-state index contributed by atoms with van der Waals surface area (Å²) in [5.74, 6) is -0.871. The van der Waals surface area contributed by atoms with Crippen LogP contribution in [0.25, 0.3) is 0 Å². The molecule has 2 amide bonds. The molecule has 100 valence electrons. The van der Waals surface area contributed by atoms with Crippen molar-refractivity contribution in [2.24, 2.45) is 11.1 Å². The van der Waals surface area contributed by atoms with Gasteiger partial charge in [0.2, 0.25) is 0 Å². The highest BCUT2D eigenvalue weighted by molar-refractivity contribution is 5.78. The second kappa shape index (κ2) is 7.89. The van der Waals surface area contributed by atoms with Gasteiger partial charge in [-0.25, -0.2) is 4.79 Å². The molecule has 0 fully saturated rings. The van der Waals surface area contributed by atoms with E-state index in [1.54, 1.807) is 0 Å². The molecule has 0 bridgehead atoms. The van der Waals surface area contributed by atoms with Crippen molar-refractivity contribution in [2.45, 2.75) is 33.1 Å². The van der Waals surface area contributed by atoms with Crippen LogP contribution in [0.4, 0.5) is 4.79 Å². The second-order valence-corrected chi connectivity index (χ2v) is 4.04. The minimum Gasteiger partial charge on any atom is -0.481 e. The van der Waals surface area contributed by atoms with Crippen molar-refractivity contribution in [1.29, 1.82) is 0 Å². The molecular weight excluding hydrogens is 222 g/mol. The number of nitrogens with two attached hydrogens (primary N) is 1. The zero-order valence-electron chi connectivity index (χ0n) is 10.6. The molecule has 0 spiro atoms. The van der Waals surface area contributed by atoms with Gasteiger partial charge in [0.05, 0.1) is 5.41 Å². The summed E-state index contributed by atoms with van der Waals surface area (Å²) < 4.78 is 0. The fourth-order valence-electron chi connectivity index (χ4n) is 1.49. The van der Waals surface area contributed by atoms with Crippen molar-refractivity contribution in [2.75, 3.05) is 19.6 Å². The van der Waals surface area contributed by atoms with Gasteiger partial charge in [-0.15, -0.1) is 0 Å². The van der Waals surface area contributed by atoms with Crippen LogP contribution in [0.1, 0.15) is 33.1 Å². The highest BCUT2D eigenvalue weighted by Crippen LogP contribution is 2.25. The van der Waals surface area contributed by atoms with Crippen LogP contribution in [0.5, 0.6) is 0 Å². The fraction of sp³-hybridized carbons (Fsp3) is 0.818. The number of aliphatic carboxylic acids is 1. The molecule has 5 N–H and O–H groups in total. The first kappa shape index (κ1) is 15.7. The molecule has 0 aliphatic heterocycles. The first-order valence-electron chi connectivity index (χ1n) is 5.97. The highest BCUT2D eigenvalue weighted by Gasteiger charge is 2.34. The fourth-order valence-corrected chi connectivity index (χ4v) is 1.49. The number of carbonyl (C=O) groups excluding carboxylic acids is 1. The van der Waals surface area contributed by atoms with Crippen molar-refractivity contribution in [3.05, 3.63) is 0 Å².